The highest BCUT2D eigenvalue weighted by Gasteiger charge is 2.57. The minimum Gasteiger partial charge on any atom is -0.343 e. The van der Waals surface area contributed by atoms with Crippen molar-refractivity contribution in [2.75, 3.05) is 0 Å². The maximum atomic E-state index is 13.4. The van der Waals surface area contributed by atoms with Crippen molar-refractivity contribution in [3.8, 4) is 0 Å². The first-order chi connectivity index (χ1) is 15.2. The van der Waals surface area contributed by atoms with Crippen molar-refractivity contribution < 1.29 is 13.0 Å². The lowest BCUT2D eigenvalue weighted by Gasteiger charge is -2.45. The van der Waals surface area contributed by atoms with Gasteiger partial charge in [0.2, 0.25) is 0 Å². The molecule has 0 atom stereocenters. The predicted molar refractivity (Wildman–Crippen MR) is 132 cm³/mol. The quantitative estimate of drug-likeness (QED) is 0.347. The fourth-order valence-electron chi connectivity index (χ4n) is 4.53. The zero-order chi connectivity index (χ0) is 21.2. The number of hydrogen-bond acceptors (Lipinski definition) is 3. The Balaban J connectivity index is 1.79. The highest BCUT2D eigenvalue weighted by Crippen LogP contribution is 2.43. The van der Waals surface area contributed by atoms with Gasteiger partial charge in [0.05, 0.1) is 0 Å². The molecule has 0 bridgehead atoms. The molecular weight excluding hydrogens is 435 g/mol. The summed E-state index contributed by atoms with van der Waals surface area (Å²) < 4.78 is 26.3. The average Bonchev–Trinajstić information content (AvgIpc) is 2.86. The molecule has 1 saturated heterocycles. The Morgan fingerprint density at radius 1 is 0.484 bits per heavy atom. The maximum Gasteiger partial charge on any atom is 0.300 e. The van der Waals surface area contributed by atoms with Crippen LogP contribution in [0.5, 0.6) is 0 Å². The zero-order valence-corrected chi connectivity index (χ0v) is 20.0. The van der Waals surface area contributed by atoms with Crippen molar-refractivity contribution in [1.82, 2.24) is 0 Å². The van der Waals surface area contributed by atoms with Gasteiger partial charge in [0.15, 0.2) is 0 Å². The molecule has 3 nitrogen and oxygen atoms in total. The van der Waals surface area contributed by atoms with E-state index in [4.69, 9.17) is 8.43 Å². The molecule has 0 aliphatic carbocycles. The Hall–Kier alpha value is -2.54. The third-order valence-corrected chi connectivity index (χ3v) is 19.1. The van der Waals surface area contributed by atoms with Crippen molar-refractivity contribution in [2.45, 2.75) is 5.67 Å². The molecular formula is C25H23O3PSi2. The fraction of sp³-hybridized carbons (Fsp3) is 0.0400. The zero-order valence-electron chi connectivity index (χ0n) is 17.0. The van der Waals surface area contributed by atoms with Gasteiger partial charge in [-0.3, -0.25) is 4.57 Å². The van der Waals surface area contributed by atoms with Gasteiger partial charge in [-0.05, 0) is 20.7 Å². The van der Waals surface area contributed by atoms with E-state index in [2.05, 4.69) is 48.5 Å². The Bertz CT molecular complexity index is 1000. The van der Waals surface area contributed by atoms with Crippen LogP contribution in [0.2, 0.25) is 5.67 Å². The summed E-state index contributed by atoms with van der Waals surface area (Å²) in [6.45, 7) is 0. The van der Waals surface area contributed by atoms with Crippen LogP contribution in [-0.2, 0) is 13.0 Å². The lowest BCUT2D eigenvalue weighted by Crippen LogP contribution is -2.73. The van der Waals surface area contributed by atoms with Crippen molar-refractivity contribution >= 4 is 45.6 Å². The summed E-state index contributed by atoms with van der Waals surface area (Å²) >= 11 is 0. The summed E-state index contributed by atoms with van der Waals surface area (Å²) in [6.07, 6.45) is 0. The van der Waals surface area contributed by atoms with Crippen LogP contribution in [0.25, 0.3) is 0 Å². The lowest BCUT2D eigenvalue weighted by molar-refractivity contribution is 0.405. The van der Waals surface area contributed by atoms with E-state index in [-0.39, 0.29) is 0 Å². The molecule has 154 valence electrons. The number of hydrogen-bond donors (Lipinski definition) is 0. The maximum absolute atomic E-state index is 13.4. The second-order valence-corrected chi connectivity index (χ2v) is 16.9. The van der Waals surface area contributed by atoms with Gasteiger partial charge in [-0.15, -0.1) is 0 Å². The van der Waals surface area contributed by atoms with Gasteiger partial charge >= 0.3 is 8.25 Å². The molecule has 0 N–H and O–H groups in total. The molecule has 1 fully saturated rings. The van der Waals surface area contributed by atoms with Gasteiger partial charge in [0, 0.05) is 5.67 Å². The summed E-state index contributed by atoms with van der Waals surface area (Å²) in [5.41, 5.74) is 0.735. The van der Waals surface area contributed by atoms with Gasteiger partial charge < -0.3 is 8.43 Å². The second-order valence-electron chi connectivity index (χ2n) is 7.75. The molecule has 4 aromatic carbocycles. The standard InChI is InChI=1S/C25H23O3PSi2/c26-29-27-30(22-13-5-1-6-14-22,23-15-7-2-8-16-23)21-31(28-29,24-17-9-3-10-18-24)25-19-11-4-12-20-25/h1-20,29H,21H2. The van der Waals surface area contributed by atoms with E-state index in [1.807, 2.05) is 72.8 Å². The van der Waals surface area contributed by atoms with E-state index in [1.165, 1.54) is 0 Å². The summed E-state index contributed by atoms with van der Waals surface area (Å²) in [4.78, 5) is 0. The van der Waals surface area contributed by atoms with Crippen LogP contribution in [0.3, 0.4) is 0 Å². The minimum atomic E-state index is -2.83. The van der Waals surface area contributed by atoms with Crippen LogP contribution in [-0.4, -0.2) is 16.6 Å². The molecule has 5 rings (SSSR count). The molecule has 0 amide bonds. The Kier molecular flexibility index (Phi) is 5.61. The van der Waals surface area contributed by atoms with E-state index in [0.29, 0.717) is 0 Å². The molecule has 0 aromatic heterocycles. The fourth-order valence-corrected chi connectivity index (χ4v) is 20.8. The molecule has 1 heterocycles. The summed E-state index contributed by atoms with van der Waals surface area (Å²) in [7, 11) is -8.38. The molecule has 0 saturated carbocycles. The molecule has 0 unspecified atom stereocenters. The lowest BCUT2D eigenvalue weighted by atomic mass is 10.4. The predicted octanol–water partition coefficient (Wildman–Crippen LogP) is 3.48. The van der Waals surface area contributed by atoms with Crippen molar-refractivity contribution in [1.29, 1.82) is 0 Å². The van der Waals surface area contributed by atoms with Gasteiger partial charge in [-0.2, -0.15) is 0 Å². The first-order valence-electron chi connectivity index (χ1n) is 10.4. The molecule has 0 spiro atoms. The van der Waals surface area contributed by atoms with Crippen molar-refractivity contribution in [3.05, 3.63) is 121 Å². The first kappa shape index (κ1) is 20.4. The van der Waals surface area contributed by atoms with Crippen LogP contribution in [0.4, 0.5) is 0 Å². The summed E-state index contributed by atoms with van der Waals surface area (Å²) in [6, 6.07) is 41.3. The topological polar surface area (TPSA) is 35.5 Å². The van der Waals surface area contributed by atoms with Crippen LogP contribution >= 0.6 is 8.25 Å². The summed E-state index contributed by atoms with van der Waals surface area (Å²) in [5.74, 6) is 0. The van der Waals surface area contributed by atoms with Gasteiger partial charge in [0.25, 0.3) is 16.6 Å². The molecule has 6 heteroatoms. The van der Waals surface area contributed by atoms with Gasteiger partial charge in [-0.25, -0.2) is 0 Å². The Labute approximate surface area is 185 Å². The smallest absolute Gasteiger partial charge is 0.300 e. The van der Waals surface area contributed by atoms with Crippen LogP contribution in [0.1, 0.15) is 0 Å². The van der Waals surface area contributed by atoms with E-state index < -0.39 is 24.9 Å². The minimum absolute atomic E-state index is 0.735. The molecule has 1 aliphatic heterocycles. The molecule has 4 aromatic rings. The Morgan fingerprint density at radius 2 is 0.742 bits per heavy atom. The SMILES string of the molecule is O=[PH]1O[Si](c2ccccc2)(c2ccccc2)C[Si](c2ccccc2)(c2ccccc2)O1. The van der Waals surface area contributed by atoms with E-state index in [0.717, 1.165) is 26.4 Å². The third-order valence-electron chi connectivity index (χ3n) is 5.97. The van der Waals surface area contributed by atoms with E-state index in [9.17, 15) is 4.57 Å². The summed E-state index contributed by atoms with van der Waals surface area (Å²) in [5, 5.41) is 4.52. The first-order valence-corrected chi connectivity index (χ1v) is 15.8. The average molecular weight is 459 g/mol. The van der Waals surface area contributed by atoms with Crippen molar-refractivity contribution in [2.24, 2.45) is 0 Å². The van der Waals surface area contributed by atoms with Gasteiger partial charge in [0.1, 0.15) is 0 Å². The number of rotatable bonds is 4. The largest absolute Gasteiger partial charge is 0.343 e. The molecule has 1 aliphatic rings. The molecule has 0 radical (unpaired) electrons. The monoisotopic (exact) mass is 458 g/mol. The van der Waals surface area contributed by atoms with Crippen LogP contribution in [0, 0.1) is 0 Å². The van der Waals surface area contributed by atoms with Crippen LogP contribution < -0.4 is 20.7 Å². The third kappa shape index (κ3) is 3.69. The normalized spacial score (nSPS) is 17.8. The van der Waals surface area contributed by atoms with Gasteiger partial charge in [-0.1, -0.05) is 121 Å². The molecule has 31 heavy (non-hydrogen) atoms. The second kappa shape index (κ2) is 8.54. The Morgan fingerprint density at radius 3 is 1.00 bits per heavy atom. The van der Waals surface area contributed by atoms with Crippen molar-refractivity contribution in [3.63, 3.8) is 0 Å². The van der Waals surface area contributed by atoms with Crippen LogP contribution in [0.15, 0.2) is 121 Å². The highest BCUT2D eigenvalue weighted by atomic mass is 31.1. The number of benzene rings is 4. The van der Waals surface area contributed by atoms with E-state index in [1.54, 1.807) is 0 Å². The van der Waals surface area contributed by atoms with E-state index >= 15 is 0 Å². The highest BCUT2D eigenvalue weighted by molar-refractivity contribution is 7.43.